The summed E-state index contributed by atoms with van der Waals surface area (Å²) in [4.78, 5) is 21.3. The molecule has 0 amide bonds. The van der Waals surface area contributed by atoms with Gasteiger partial charge < -0.3 is 15.2 Å². The third-order valence-electron chi connectivity index (χ3n) is 2.32. The number of anilines is 1. The van der Waals surface area contributed by atoms with E-state index in [1.54, 1.807) is 6.07 Å². The van der Waals surface area contributed by atoms with Gasteiger partial charge in [0.15, 0.2) is 0 Å². The lowest BCUT2D eigenvalue weighted by molar-refractivity contribution is -0.385. The molecule has 1 rings (SSSR count). The topological polar surface area (TPSA) is 125 Å². The van der Waals surface area contributed by atoms with Gasteiger partial charge in [-0.15, -0.1) is 0 Å². The second-order valence-electron chi connectivity index (χ2n) is 3.50. The molecule has 0 aliphatic heterocycles. The number of nitro groups is 1. The zero-order valence-corrected chi connectivity index (χ0v) is 9.99. The zero-order chi connectivity index (χ0) is 14.4. The second kappa shape index (κ2) is 6.32. The Balaban J connectivity index is 3.03. The van der Waals surface area contributed by atoms with E-state index in [-0.39, 0.29) is 16.9 Å². The van der Waals surface area contributed by atoms with Crippen LogP contribution in [0.25, 0.3) is 0 Å². The number of carbonyl (C=O) groups is 1. The van der Waals surface area contributed by atoms with Crippen LogP contribution < -0.4 is 5.32 Å². The van der Waals surface area contributed by atoms with Gasteiger partial charge in [0, 0.05) is 11.8 Å². The molecule has 0 saturated heterocycles. The standard InChI is InChI=1S/C11H11N3O5/c1-19-11(16)9(6-15)13-8-3-2-7(5-12)10(4-8)14(17)18/h2-4,9,13,15H,6H2,1H3. The molecule has 2 N–H and O–H groups in total. The predicted molar refractivity (Wildman–Crippen MR) is 64.3 cm³/mol. The smallest absolute Gasteiger partial charge is 0.330 e. The molecule has 1 aromatic rings. The third-order valence-corrected chi connectivity index (χ3v) is 2.32. The Morgan fingerprint density at radius 1 is 1.68 bits per heavy atom. The van der Waals surface area contributed by atoms with E-state index in [4.69, 9.17) is 10.4 Å². The number of esters is 1. The van der Waals surface area contributed by atoms with Gasteiger partial charge in [0.2, 0.25) is 0 Å². The maximum absolute atomic E-state index is 11.3. The lowest BCUT2D eigenvalue weighted by Crippen LogP contribution is -2.34. The van der Waals surface area contributed by atoms with E-state index < -0.39 is 23.5 Å². The van der Waals surface area contributed by atoms with Gasteiger partial charge in [-0.3, -0.25) is 10.1 Å². The fraction of sp³-hybridized carbons (Fsp3) is 0.273. The molecule has 0 aliphatic rings. The minimum absolute atomic E-state index is 0.0887. The number of hydrogen-bond acceptors (Lipinski definition) is 7. The van der Waals surface area contributed by atoms with Gasteiger partial charge in [-0.1, -0.05) is 0 Å². The molecular weight excluding hydrogens is 254 g/mol. The summed E-state index contributed by atoms with van der Waals surface area (Å²) in [5.74, 6) is -0.700. The highest BCUT2D eigenvalue weighted by Crippen LogP contribution is 2.23. The Morgan fingerprint density at radius 2 is 2.37 bits per heavy atom. The van der Waals surface area contributed by atoms with Crippen molar-refractivity contribution < 1.29 is 19.6 Å². The molecule has 0 fully saturated rings. The summed E-state index contributed by atoms with van der Waals surface area (Å²) in [5.41, 5.74) is -0.238. The Kier molecular flexibility index (Phi) is 4.79. The van der Waals surface area contributed by atoms with Crippen LogP contribution in [0.3, 0.4) is 0 Å². The minimum Gasteiger partial charge on any atom is -0.467 e. The minimum atomic E-state index is -1.03. The number of nitrogens with one attached hydrogen (secondary N) is 1. The van der Waals surface area contributed by atoms with Gasteiger partial charge in [0.05, 0.1) is 18.6 Å². The normalized spacial score (nSPS) is 11.2. The Labute approximate surface area is 108 Å². The van der Waals surface area contributed by atoms with Crippen molar-refractivity contribution in [2.24, 2.45) is 0 Å². The van der Waals surface area contributed by atoms with Crippen LogP contribution in [-0.4, -0.2) is 35.8 Å². The third kappa shape index (κ3) is 3.40. The number of carbonyl (C=O) groups excluding carboxylic acids is 1. The molecular formula is C11H11N3O5. The first-order chi connectivity index (χ1) is 9.03. The van der Waals surface area contributed by atoms with E-state index in [0.717, 1.165) is 13.2 Å². The van der Waals surface area contributed by atoms with Gasteiger partial charge >= 0.3 is 5.97 Å². The molecule has 0 heterocycles. The van der Waals surface area contributed by atoms with E-state index in [9.17, 15) is 14.9 Å². The molecule has 0 spiro atoms. The maximum Gasteiger partial charge on any atom is 0.330 e. The first kappa shape index (κ1) is 14.4. The number of nitro benzene ring substituents is 1. The molecule has 0 saturated carbocycles. The molecule has 0 bridgehead atoms. The summed E-state index contributed by atoms with van der Waals surface area (Å²) in [7, 11) is 1.16. The number of nitriles is 1. The molecule has 100 valence electrons. The lowest BCUT2D eigenvalue weighted by Gasteiger charge is -2.14. The summed E-state index contributed by atoms with van der Waals surface area (Å²) in [6, 6.07) is 4.44. The highest BCUT2D eigenvalue weighted by molar-refractivity contribution is 5.79. The van der Waals surface area contributed by atoms with Crippen LogP contribution in [0, 0.1) is 21.4 Å². The van der Waals surface area contributed by atoms with Gasteiger partial charge in [0.1, 0.15) is 17.7 Å². The van der Waals surface area contributed by atoms with Crippen LogP contribution >= 0.6 is 0 Å². The number of nitrogens with zero attached hydrogens (tertiary/aromatic N) is 2. The van der Waals surface area contributed by atoms with Crippen molar-refractivity contribution in [3.63, 3.8) is 0 Å². The van der Waals surface area contributed by atoms with Gasteiger partial charge in [-0.05, 0) is 12.1 Å². The molecule has 1 aromatic carbocycles. The highest BCUT2D eigenvalue weighted by atomic mass is 16.6. The summed E-state index contributed by atoms with van der Waals surface area (Å²) in [5, 5.41) is 31.1. The van der Waals surface area contributed by atoms with Crippen LogP contribution in [0.5, 0.6) is 0 Å². The largest absolute Gasteiger partial charge is 0.467 e. The number of aliphatic hydroxyl groups excluding tert-OH is 1. The van der Waals surface area contributed by atoms with Crippen molar-refractivity contribution in [3.8, 4) is 6.07 Å². The number of methoxy groups -OCH3 is 1. The lowest BCUT2D eigenvalue weighted by atomic mass is 10.1. The SMILES string of the molecule is COC(=O)C(CO)Nc1ccc(C#N)c([N+](=O)[O-])c1. The Hall–Kier alpha value is -2.66. The van der Waals surface area contributed by atoms with Crippen molar-refractivity contribution >= 4 is 17.3 Å². The van der Waals surface area contributed by atoms with Gasteiger partial charge in [0.25, 0.3) is 5.69 Å². The van der Waals surface area contributed by atoms with Gasteiger partial charge in [-0.25, -0.2) is 4.79 Å². The average Bonchev–Trinajstić information content (AvgIpc) is 2.43. The van der Waals surface area contributed by atoms with Crippen molar-refractivity contribution in [2.75, 3.05) is 19.0 Å². The molecule has 8 heteroatoms. The number of aliphatic hydroxyl groups is 1. The van der Waals surface area contributed by atoms with E-state index in [2.05, 4.69) is 10.1 Å². The van der Waals surface area contributed by atoms with Crippen LogP contribution in [0.4, 0.5) is 11.4 Å². The monoisotopic (exact) mass is 265 g/mol. The van der Waals surface area contributed by atoms with Crippen molar-refractivity contribution in [2.45, 2.75) is 6.04 Å². The van der Waals surface area contributed by atoms with E-state index in [0.29, 0.717) is 0 Å². The van der Waals surface area contributed by atoms with E-state index in [1.807, 2.05) is 0 Å². The first-order valence-corrected chi connectivity index (χ1v) is 5.17. The summed E-state index contributed by atoms with van der Waals surface area (Å²) in [6.07, 6.45) is 0. The summed E-state index contributed by atoms with van der Waals surface area (Å²) < 4.78 is 4.45. The Morgan fingerprint density at radius 3 is 2.84 bits per heavy atom. The molecule has 0 aliphatic carbocycles. The van der Waals surface area contributed by atoms with Crippen molar-refractivity contribution in [1.82, 2.24) is 0 Å². The Bertz CT molecular complexity index is 538. The number of rotatable bonds is 5. The fourth-order valence-electron chi connectivity index (χ4n) is 1.39. The second-order valence-corrected chi connectivity index (χ2v) is 3.50. The molecule has 8 nitrogen and oxygen atoms in total. The fourth-order valence-corrected chi connectivity index (χ4v) is 1.39. The van der Waals surface area contributed by atoms with E-state index >= 15 is 0 Å². The highest BCUT2D eigenvalue weighted by Gasteiger charge is 2.20. The van der Waals surface area contributed by atoms with Crippen molar-refractivity contribution in [3.05, 3.63) is 33.9 Å². The van der Waals surface area contributed by atoms with E-state index in [1.165, 1.54) is 12.1 Å². The summed E-state index contributed by atoms with van der Waals surface area (Å²) in [6.45, 7) is -0.527. The maximum atomic E-state index is 11.3. The van der Waals surface area contributed by atoms with Crippen molar-refractivity contribution in [1.29, 1.82) is 5.26 Å². The molecule has 1 atom stereocenters. The zero-order valence-electron chi connectivity index (χ0n) is 9.99. The number of ether oxygens (including phenoxy) is 1. The number of benzene rings is 1. The van der Waals surface area contributed by atoms with Gasteiger partial charge in [-0.2, -0.15) is 5.26 Å². The predicted octanol–water partition coefficient (Wildman–Crippen LogP) is 0.412. The van der Waals surface area contributed by atoms with Crippen LogP contribution in [-0.2, 0) is 9.53 Å². The summed E-state index contributed by atoms with van der Waals surface area (Å²) >= 11 is 0. The van der Waals surface area contributed by atoms with Crippen LogP contribution in [0.2, 0.25) is 0 Å². The van der Waals surface area contributed by atoms with Crippen LogP contribution in [0.15, 0.2) is 18.2 Å². The quantitative estimate of drug-likeness (QED) is 0.448. The molecule has 19 heavy (non-hydrogen) atoms. The molecule has 0 aromatic heterocycles. The van der Waals surface area contributed by atoms with Crippen LogP contribution in [0.1, 0.15) is 5.56 Å². The first-order valence-electron chi connectivity index (χ1n) is 5.17. The molecule has 1 unspecified atom stereocenters. The molecule has 0 radical (unpaired) electrons. The average molecular weight is 265 g/mol. The number of hydrogen-bond donors (Lipinski definition) is 2.